The van der Waals surface area contributed by atoms with E-state index in [1.54, 1.807) is 42.5 Å². The zero-order valence-electron chi connectivity index (χ0n) is 17.1. The molecule has 0 aliphatic heterocycles. The molecule has 0 bridgehead atoms. The number of halogens is 1. The molecule has 3 aromatic carbocycles. The lowest BCUT2D eigenvalue weighted by molar-refractivity contribution is -0.122. The van der Waals surface area contributed by atoms with Gasteiger partial charge in [0.2, 0.25) is 0 Å². The molecule has 6 nitrogen and oxygen atoms in total. The monoisotopic (exact) mass is 458 g/mol. The minimum atomic E-state index is -3.74. The van der Waals surface area contributed by atoms with E-state index < -0.39 is 16.1 Å². The normalized spacial score (nSPS) is 12.1. The van der Waals surface area contributed by atoms with Gasteiger partial charge in [0, 0.05) is 16.4 Å². The second-order valence-electron chi connectivity index (χ2n) is 6.96. The third-order valence-electron chi connectivity index (χ3n) is 4.44. The largest absolute Gasteiger partial charge is 0.481 e. The Labute approximate surface area is 187 Å². The molecule has 8 heteroatoms. The van der Waals surface area contributed by atoms with Crippen molar-refractivity contribution in [2.45, 2.75) is 31.3 Å². The number of hydrogen-bond acceptors (Lipinski definition) is 4. The van der Waals surface area contributed by atoms with Crippen LogP contribution in [0.15, 0.2) is 77.7 Å². The minimum absolute atomic E-state index is 0.0919. The Kier molecular flexibility index (Phi) is 7.20. The first kappa shape index (κ1) is 22.7. The molecule has 0 spiro atoms. The quantitative estimate of drug-likeness (QED) is 0.483. The van der Waals surface area contributed by atoms with Crippen molar-refractivity contribution in [1.82, 2.24) is 0 Å². The van der Waals surface area contributed by atoms with Gasteiger partial charge in [-0.05, 0) is 73.5 Å². The summed E-state index contributed by atoms with van der Waals surface area (Å²) in [5.74, 6) is 0.161. The van der Waals surface area contributed by atoms with Gasteiger partial charge in [-0.2, -0.15) is 0 Å². The molecule has 1 atom stereocenters. The Balaban J connectivity index is 1.67. The van der Waals surface area contributed by atoms with E-state index in [4.69, 9.17) is 16.3 Å². The number of carbonyl (C=O) groups is 1. The Morgan fingerprint density at radius 3 is 2.35 bits per heavy atom. The predicted octanol–water partition coefficient (Wildman–Crippen LogP) is 5.25. The van der Waals surface area contributed by atoms with E-state index in [0.29, 0.717) is 28.6 Å². The van der Waals surface area contributed by atoms with Crippen molar-refractivity contribution in [2.75, 3.05) is 10.0 Å². The molecule has 3 aromatic rings. The maximum atomic E-state index is 12.6. The smallest absolute Gasteiger partial charge is 0.265 e. The van der Waals surface area contributed by atoms with Gasteiger partial charge in [0.15, 0.2) is 6.10 Å². The fraction of sp³-hybridized carbons (Fsp3) is 0.174. The van der Waals surface area contributed by atoms with Crippen LogP contribution in [0.3, 0.4) is 0 Å². The molecule has 0 saturated carbocycles. The summed E-state index contributed by atoms with van der Waals surface area (Å²) in [6, 6.07) is 19.9. The highest BCUT2D eigenvalue weighted by atomic mass is 35.5. The van der Waals surface area contributed by atoms with Crippen LogP contribution in [-0.2, 0) is 14.8 Å². The zero-order chi connectivity index (χ0) is 22.4. The summed E-state index contributed by atoms with van der Waals surface area (Å²) in [5.41, 5.74) is 1.90. The highest BCUT2D eigenvalue weighted by molar-refractivity contribution is 7.92. The molecule has 2 N–H and O–H groups in total. The molecule has 0 saturated heterocycles. The second-order valence-corrected chi connectivity index (χ2v) is 9.08. The molecule has 31 heavy (non-hydrogen) atoms. The van der Waals surface area contributed by atoms with Crippen molar-refractivity contribution < 1.29 is 17.9 Å². The van der Waals surface area contributed by atoms with Gasteiger partial charge in [0.05, 0.1) is 4.90 Å². The van der Waals surface area contributed by atoms with E-state index in [1.165, 1.54) is 24.3 Å². The van der Waals surface area contributed by atoms with E-state index in [9.17, 15) is 13.2 Å². The summed E-state index contributed by atoms with van der Waals surface area (Å²) in [4.78, 5) is 12.7. The number of aryl methyl sites for hydroxylation is 1. The number of nitrogens with one attached hydrogen (secondary N) is 2. The number of amides is 1. The summed E-state index contributed by atoms with van der Waals surface area (Å²) >= 11 is 5.96. The number of carbonyl (C=O) groups excluding carboxylic acids is 1. The predicted molar refractivity (Wildman–Crippen MR) is 123 cm³/mol. The number of anilines is 2. The zero-order valence-corrected chi connectivity index (χ0v) is 18.7. The summed E-state index contributed by atoms with van der Waals surface area (Å²) in [5, 5.41) is 3.27. The van der Waals surface area contributed by atoms with Crippen molar-refractivity contribution >= 4 is 38.9 Å². The summed E-state index contributed by atoms with van der Waals surface area (Å²) in [7, 11) is -3.74. The van der Waals surface area contributed by atoms with Gasteiger partial charge in [-0.3, -0.25) is 9.52 Å². The van der Waals surface area contributed by atoms with Crippen molar-refractivity contribution in [2.24, 2.45) is 0 Å². The van der Waals surface area contributed by atoms with Gasteiger partial charge < -0.3 is 10.1 Å². The third-order valence-corrected chi connectivity index (χ3v) is 6.07. The summed E-state index contributed by atoms with van der Waals surface area (Å²) in [6.45, 7) is 3.72. The molecule has 0 unspecified atom stereocenters. The molecular formula is C23H23ClN2O4S. The van der Waals surface area contributed by atoms with Crippen LogP contribution in [0.5, 0.6) is 5.75 Å². The lowest BCUT2D eigenvalue weighted by atomic mass is 10.2. The molecule has 162 valence electrons. The average Bonchev–Trinajstić information content (AvgIpc) is 2.72. The van der Waals surface area contributed by atoms with Crippen LogP contribution < -0.4 is 14.8 Å². The van der Waals surface area contributed by atoms with Crippen LogP contribution in [0.4, 0.5) is 11.4 Å². The van der Waals surface area contributed by atoms with E-state index >= 15 is 0 Å². The molecule has 0 fully saturated rings. The van der Waals surface area contributed by atoms with Crippen molar-refractivity contribution in [3.05, 3.63) is 83.4 Å². The van der Waals surface area contributed by atoms with E-state index in [2.05, 4.69) is 10.0 Å². The first-order valence-corrected chi connectivity index (χ1v) is 11.6. The van der Waals surface area contributed by atoms with Gasteiger partial charge in [-0.25, -0.2) is 8.42 Å². The highest BCUT2D eigenvalue weighted by Gasteiger charge is 2.19. The summed E-state index contributed by atoms with van der Waals surface area (Å²) in [6.07, 6.45) is -0.268. The van der Waals surface area contributed by atoms with Crippen molar-refractivity contribution in [3.63, 3.8) is 0 Å². The molecule has 1 amide bonds. The third kappa shape index (κ3) is 6.23. The number of ether oxygens (including phenoxy) is 1. The Hall–Kier alpha value is -3.03. The fourth-order valence-electron chi connectivity index (χ4n) is 2.89. The lowest BCUT2D eigenvalue weighted by Crippen LogP contribution is -2.32. The lowest BCUT2D eigenvalue weighted by Gasteiger charge is -2.17. The maximum Gasteiger partial charge on any atom is 0.265 e. The van der Waals surface area contributed by atoms with Gasteiger partial charge in [0.1, 0.15) is 5.75 Å². The van der Waals surface area contributed by atoms with Crippen LogP contribution in [0.25, 0.3) is 0 Å². The van der Waals surface area contributed by atoms with Gasteiger partial charge in [-0.15, -0.1) is 0 Å². The molecule has 0 radical (unpaired) electrons. The topological polar surface area (TPSA) is 84.5 Å². The Morgan fingerprint density at radius 1 is 1.00 bits per heavy atom. The van der Waals surface area contributed by atoms with Gasteiger partial charge in [0.25, 0.3) is 15.9 Å². The number of benzene rings is 3. The van der Waals surface area contributed by atoms with Crippen LogP contribution in [0.2, 0.25) is 5.02 Å². The summed E-state index contributed by atoms with van der Waals surface area (Å²) < 4.78 is 33.5. The minimum Gasteiger partial charge on any atom is -0.481 e. The standard InChI is InChI=1S/C23H23ClN2O4S/c1-3-22(30-20-9-5-7-17(24)15-20)23(27)25-18-10-12-21(13-11-18)31(28,29)26-19-8-4-6-16(2)14-19/h4-15,22,26H,3H2,1-2H3,(H,25,27)/t22-/m0/s1. The second kappa shape index (κ2) is 9.85. The Bertz CT molecular complexity index is 1160. The van der Waals surface area contributed by atoms with Gasteiger partial charge >= 0.3 is 0 Å². The van der Waals surface area contributed by atoms with E-state index in [0.717, 1.165) is 5.56 Å². The van der Waals surface area contributed by atoms with Crippen LogP contribution >= 0.6 is 11.6 Å². The first-order valence-electron chi connectivity index (χ1n) is 9.69. The first-order chi connectivity index (χ1) is 14.8. The number of rotatable bonds is 8. The van der Waals surface area contributed by atoms with Crippen molar-refractivity contribution in [3.8, 4) is 5.75 Å². The molecule has 3 rings (SSSR count). The highest BCUT2D eigenvalue weighted by Crippen LogP contribution is 2.21. The SMILES string of the molecule is CC[C@H](Oc1cccc(Cl)c1)C(=O)Nc1ccc(S(=O)(=O)Nc2cccc(C)c2)cc1. The van der Waals surface area contributed by atoms with Crippen LogP contribution in [0.1, 0.15) is 18.9 Å². The van der Waals surface area contributed by atoms with Gasteiger partial charge in [-0.1, -0.05) is 36.7 Å². The molecular weight excluding hydrogens is 436 g/mol. The average molecular weight is 459 g/mol. The van der Waals surface area contributed by atoms with Crippen LogP contribution in [-0.4, -0.2) is 20.4 Å². The van der Waals surface area contributed by atoms with E-state index in [1.807, 2.05) is 19.9 Å². The fourth-order valence-corrected chi connectivity index (χ4v) is 4.12. The number of sulfonamides is 1. The molecule has 0 heterocycles. The molecule has 0 aliphatic rings. The maximum absolute atomic E-state index is 12.6. The Morgan fingerprint density at radius 2 is 1.71 bits per heavy atom. The molecule has 0 aromatic heterocycles. The molecule has 0 aliphatic carbocycles. The number of hydrogen-bond donors (Lipinski definition) is 2. The van der Waals surface area contributed by atoms with E-state index in [-0.39, 0.29) is 10.8 Å². The van der Waals surface area contributed by atoms with Crippen molar-refractivity contribution in [1.29, 1.82) is 0 Å². The van der Waals surface area contributed by atoms with Crippen LogP contribution in [0, 0.1) is 6.92 Å².